The summed E-state index contributed by atoms with van der Waals surface area (Å²) in [6.07, 6.45) is 0. The lowest BCUT2D eigenvalue weighted by molar-refractivity contribution is 0.264. The molecule has 0 saturated carbocycles. The molecule has 0 unspecified atom stereocenters. The molecule has 2 aliphatic rings. The van der Waals surface area contributed by atoms with Crippen molar-refractivity contribution in [2.45, 2.75) is 0 Å². The summed E-state index contributed by atoms with van der Waals surface area (Å²) in [6.45, 7) is 2.16. The van der Waals surface area contributed by atoms with Crippen LogP contribution in [-0.2, 0) is 0 Å². The molecule has 2 heteroatoms. The Balaban J connectivity index is 2.40. The average Bonchev–Trinajstić information content (AvgIpc) is 1.89. The van der Waals surface area contributed by atoms with Gasteiger partial charge in [-0.25, -0.2) is 0 Å². The van der Waals surface area contributed by atoms with Crippen molar-refractivity contribution >= 4 is 0 Å². The molecule has 0 atom stereocenters. The SMILES string of the molecule is [CH]1COc2ccc(cc2)O1. The number of rotatable bonds is 0. The first-order valence-corrected chi connectivity index (χ1v) is 3.16. The Morgan fingerprint density at radius 2 is 1.70 bits per heavy atom. The highest BCUT2D eigenvalue weighted by Crippen LogP contribution is 2.20. The highest BCUT2D eigenvalue weighted by atomic mass is 16.5. The molecule has 2 heterocycles. The lowest BCUT2D eigenvalue weighted by atomic mass is 10.3. The first-order chi connectivity index (χ1) is 4.95. The molecule has 2 aliphatic heterocycles. The van der Waals surface area contributed by atoms with E-state index in [9.17, 15) is 0 Å². The van der Waals surface area contributed by atoms with Gasteiger partial charge in [0.05, 0.1) is 0 Å². The Hall–Kier alpha value is -1.18. The van der Waals surface area contributed by atoms with Crippen molar-refractivity contribution in [3.63, 3.8) is 0 Å². The van der Waals surface area contributed by atoms with Crippen LogP contribution in [0.2, 0.25) is 0 Å². The van der Waals surface area contributed by atoms with Crippen LogP contribution in [0.15, 0.2) is 24.3 Å². The fraction of sp³-hybridized carbons (Fsp3) is 0.125. The molecule has 2 bridgehead atoms. The molecule has 0 aromatic heterocycles. The third-order valence-corrected chi connectivity index (χ3v) is 1.36. The average molecular weight is 135 g/mol. The van der Waals surface area contributed by atoms with Gasteiger partial charge < -0.3 is 9.47 Å². The molecule has 2 nitrogen and oxygen atoms in total. The second kappa shape index (κ2) is 2.21. The molecule has 0 amide bonds. The van der Waals surface area contributed by atoms with E-state index in [-0.39, 0.29) is 0 Å². The number of hydrogen-bond acceptors (Lipinski definition) is 2. The fourth-order valence-electron chi connectivity index (χ4n) is 0.875. The van der Waals surface area contributed by atoms with E-state index >= 15 is 0 Å². The van der Waals surface area contributed by atoms with Gasteiger partial charge in [-0.2, -0.15) is 0 Å². The van der Waals surface area contributed by atoms with Crippen molar-refractivity contribution in [1.82, 2.24) is 0 Å². The number of hydrogen-bond donors (Lipinski definition) is 0. The molecule has 1 radical (unpaired) electrons. The quantitative estimate of drug-likeness (QED) is 0.538. The molecular weight excluding hydrogens is 128 g/mol. The summed E-state index contributed by atoms with van der Waals surface area (Å²) in [5, 5.41) is 0. The van der Waals surface area contributed by atoms with Crippen molar-refractivity contribution in [2.24, 2.45) is 0 Å². The standard InChI is InChI=1S/C8H7O2/c1-2-8-4-3-7(1)9-5-6-10-8/h1-5H,6H2. The van der Waals surface area contributed by atoms with Crippen molar-refractivity contribution in [1.29, 1.82) is 0 Å². The van der Waals surface area contributed by atoms with E-state index in [1.165, 1.54) is 0 Å². The topological polar surface area (TPSA) is 18.5 Å². The number of benzene rings is 1. The molecule has 3 rings (SSSR count). The van der Waals surface area contributed by atoms with Gasteiger partial charge in [0.2, 0.25) is 0 Å². The van der Waals surface area contributed by atoms with Gasteiger partial charge in [0, 0.05) is 0 Å². The first kappa shape index (κ1) is 5.59. The van der Waals surface area contributed by atoms with E-state index in [1.807, 2.05) is 24.3 Å². The lowest BCUT2D eigenvalue weighted by Crippen LogP contribution is -2.05. The third-order valence-electron chi connectivity index (χ3n) is 1.36. The minimum Gasteiger partial charge on any atom is -0.490 e. The molecule has 1 aromatic carbocycles. The Labute approximate surface area is 59.4 Å². The molecule has 51 valence electrons. The summed E-state index contributed by atoms with van der Waals surface area (Å²) < 4.78 is 10.4. The summed E-state index contributed by atoms with van der Waals surface area (Å²) in [6, 6.07) is 7.54. The first-order valence-electron chi connectivity index (χ1n) is 3.16. The predicted octanol–water partition coefficient (Wildman–Crippen LogP) is 1.62. The van der Waals surface area contributed by atoms with Gasteiger partial charge in [-0.1, -0.05) is 0 Å². The molecular formula is C8H7O2. The van der Waals surface area contributed by atoms with Gasteiger partial charge in [0.15, 0.2) is 6.61 Å². The second-order valence-electron chi connectivity index (χ2n) is 2.07. The van der Waals surface area contributed by atoms with Gasteiger partial charge in [0.1, 0.15) is 18.1 Å². The number of ether oxygens (including phenoxy) is 2. The van der Waals surface area contributed by atoms with Crippen molar-refractivity contribution in [3.05, 3.63) is 30.9 Å². The van der Waals surface area contributed by atoms with Gasteiger partial charge in [-0.3, -0.25) is 0 Å². The van der Waals surface area contributed by atoms with E-state index in [0.29, 0.717) is 6.61 Å². The monoisotopic (exact) mass is 135 g/mol. The van der Waals surface area contributed by atoms with Crippen LogP contribution in [0.1, 0.15) is 0 Å². The van der Waals surface area contributed by atoms with Gasteiger partial charge in [-0.05, 0) is 24.3 Å². The zero-order valence-corrected chi connectivity index (χ0v) is 5.41. The lowest BCUT2D eigenvalue weighted by Gasteiger charge is -2.11. The maximum Gasteiger partial charge on any atom is 0.172 e. The van der Waals surface area contributed by atoms with Gasteiger partial charge in [0.25, 0.3) is 0 Å². The van der Waals surface area contributed by atoms with Crippen LogP contribution in [0.5, 0.6) is 11.5 Å². The van der Waals surface area contributed by atoms with E-state index in [4.69, 9.17) is 9.47 Å². The molecule has 10 heavy (non-hydrogen) atoms. The largest absolute Gasteiger partial charge is 0.490 e. The van der Waals surface area contributed by atoms with Crippen LogP contribution >= 0.6 is 0 Å². The number of fused-ring (bicyclic) bond motifs is 5. The van der Waals surface area contributed by atoms with E-state index < -0.39 is 0 Å². The van der Waals surface area contributed by atoms with E-state index in [2.05, 4.69) is 0 Å². The summed E-state index contributed by atoms with van der Waals surface area (Å²) in [4.78, 5) is 0. The van der Waals surface area contributed by atoms with Crippen LogP contribution in [0, 0.1) is 6.61 Å². The maximum absolute atomic E-state index is 5.22. The smallest absolute Gasteiger partial charge is 0.172 e. The summed E-state index contributed by atoms with van der Waals surface area (Å²) in [7, 11) is 0. The third kappa shape index (κ3) is 0.923. The Morgan fingerprint density at radius 3 is 2.50 bits per heavy atom. The van der Waals surface area contributed by atoms with Crippen molar-refractivity contribution in [2.75, 3.05) is 6.61 Å². The Bertz CT molecular complexity index is 190. The molecule has 1 aromatic rings. The fourth-order valence-corrected chi connectivity index (χ4v) is 0.875. The molecule has 0 saturated heterocycles. The van der Waals surface area contributed by atoms with Crippen LogP contribution in [0.4, 0.5) is 0 Å². The van der Waals surface area contributed by atoms with Crippen molar-refractivity contribution < 1.29 is 9.47 Å². The molecule has 0 N–H and O–H groups in total. The van der Waals surface area contributed by atoms with Crippen LogP contribution in [0.25, 0.3) is 0 Å². The van der Waals surface area contributed by atoms with Crippen LogP contribution in [0.3, 0.4) is 0 Å². The summed E-state index contributed by atoms with van der Waals surface area (Å²) in [5.41, 5.74) is 0. The molecule has 0 fully saturated rings. The summed E-state index contributed by atoms with van der Waals surface area (Å²) in [5.74, 6) is 1.76. The maximum atomic E-state index is 5.22. The Kier molecular flexibility index (Phi) is 1.24. The van der Waals surface area contributed by atoms with Crippen LogP contribution < -0.4 is 9.47 Å². The van der Waals surface area contributed by atoms with Crippen molar-refractivity contribution in [3.8, 4) is 11.5 Å². The second-order valence-corrected chi connectivity index (χ2v) is 2.07. The zero-order chi connectivity index (χ0) is 6.81. The minimum atomic E-state index is 0.521. The predicted molar refractivity (Wildman–Crippen MR) is 36.9 cm³/mol. The highest BCUT2D eigenvalue weighted by Gasteiger charge is 2.01. The van der Waals surface area contributed by atoms with E-state index in [1.54, 1.807) is 6.61 Å². The van der Waals surface area contributed by atoms with Gasteiger partial charge >= 0.3 is 0 Å². The van der Waals surface area contributed by atoms with Gasteiger partial charge in [-0.15, -0.1) is 0 Å². The minimum absolute atomic E-state index is 0.521. The van der Waals surface area contributed by atoms with Crippen LogP contribution in [-0.4, -0.2) is 6.61 Å². The Morgan fingerprint density at radius 1 is 1.00 bits per heavy atom. The molecule has 0 spiro atoms. The molecule has 0 aliphatic carbocycles. The highest BCUT2D eigenvalue weighted by molar-refractivity contribution is 5.32. The zero-order valence-electron chi connectivity index (χ0n) is 5.41. The normalized spacial score (nSPS) is 14.8. The summed E-state index contributed by atoms with van der Waals surface area (Å²) >= 11 is 0. The van der Waals surface area contributed by atoms with E-state index in [0.717, 1.165) is 11.5 Å².